The molecule has 0 bridgehead atoms. The Bertz CT molecular complexity index is 541. The van der Waals surface area contributed by atoms with Gasteiger partial charge in [0.05, 0.1) is 11.6 Å². The molecular weight excluding hydrogens is 238 g/mol. The van der Waals surface area contributed by atoms with Crippen LogP contribution in [-0.2, 0) is 0 Å². The lowest BCUT2D eigenvalue weighted by Crippen LogP contribution is -2.54. The van der Waals surface area contributed by atoms with E-state index in [-0.39, 0.29) is 17.9 Å². The van der Waals surface area contributed by atoms with E-state index in [4.69, 9.17) is 0 Å². The third-order valence-corrected chi connectivity index (χ3v) is 5.34. The molecule has 1 aromatic rings. The van der Waals surface area contributed by atoms with Crippen molar-refractivity contribution in [1.82, 2.24) is 4.90 Å². The molecule has 3 atom stereocenters. The maximum Gasteiger partial charge on any atom is 0.254 e. The van der Waals surface area contributed by atoms with Crippen LogP contribution in [0.1, 0.15) is 54.1 Å². The fourth-order valence-corrected chi connectivity index (χ4v) is 4.40. The second-order valence-corrected chi connectivity index (χ2v) is 6.24. The first-order valence-corrected chi connectivity index (χ1v) is 7.33. The molecule has 0 aromatic heterocycles. The van der Waals surface area contributed by atoms with Gasteiger partial charge in [-0.15, -0.1) is 0 Å². The Kier molecular flexibility index (Phi) is 2.31. The Morgan fingerprint density at radius 2 is 2.05 bits per heavy atom. The highest BCUT2D eigenvalue weighted by Crippen LogP contribution is 2.52. The van der Waals surface area contributed by atoms with Crippen LogP contribution in [0.3, 0.4) is 0 Å². The van der Waals surface area contributed by atoms with Crippen molar-refractivity contribution in [1.29, 1.82) is 0 Å². The van der Waals surface area contributed by atoms with Gasteiger partial charge in [-0.05, 0) is 30.9 Å². The van der Waals surface area contributed by atoms with Crippen LogP contribution >= 0.6 is 0 Å². The quantitative estimate of drug-likeness (QED) is 0.775. The molecule has 2 heterocycles. The lowest BCUT2D eigenvalue weighted by atomic mass is 9.67. The van der Waals surface area contributed by atoms with Crippen LogP contribution in [0.25, 0.3) is 0 Å². The summed E-state index contributed by atoms with van der Waals surface area (Å²) in [6.07, 6.45) is 4.98. The number of rotatable bonds is 0. The summed E-state index contributed by atoms with van der Waals surface area (Å²) in [5, 5.41) is 10.9. The minimum Gasteiger partial charge on any atom is -0.389 e. The van der Waals surface area contributed by atoms with E-state index < -0.39 is 5.60 Å². The summed E-state index contributed by atoms with van der Waals surface area (Å²) in [5.41, 5.74) is 1.44. The van der Waals surface area contributed by atoms with Crippen molar-refractivity contribution in [2.45, 2.75) is 43.7 Å². The number of carbonyl (C=O) groups excluding carboxylic acids is 1. The third-order valence-electron chi connectivity index (χ3n) is 5.34. The molecule has 1 amide bonds. The highest BCUT2D eigenvalue weighted by atomic mass is 16.3. The lowest BCUT2D eigenvalue weighted by Gasteiger charge is -2.50. The van der Waals surface area contributed by atoms with Crippen molar-refractivity contribution in [3.8, 4) is 0 Å². The molecule has 1 N–H and O–H groups in total. The summed E-state index contributed by atoms with van der Waals surface area (Å²) in [4.78, 5) is 14.4. The number of hydrogen-bond acceptors (Lipinski definition) is 2. The smallest absolute Gasteiger partial charge is 0.254 e. The van der Waals surface area contributed by atoms with Crippen LogP contribution in [0.4, 0.5) is 0 Å². The predicted molar refractivity (Wildman–Crippen MR) is 71.7 cm³/mol. The van der Waals surface area contributed by atoms with Gasteiger partial charge in [0.15, 0.2) is 0 Å². The van der Waals surface area contributed by atoms with Gasteiger partial charge in [-0.1, -0.05) is 31.0 Å². The number of nitrogens with zero attached hydrogens (tertiary/aromatic N) is 1. The second-order valence-electron chi connectivity index (χ2n) is 6.24. The molecule has 1 saturated carbocycles. The molecule has 3 heteroatoms. The van der Waals surface area contributed by atoms with E-state index in [2.05, 4.69) is 6.07 Å². The van der Waals surface area contributed by atoms with Gasteiger partial charge in [-0.25, -0.2) is 0 Å². The highest BCUT2D eigenvalue weighted by molar-refractivity contribution is 5.99. The molecule has 0 spiro atoms. The first kappa shape index (κ1) is 11.5. The van der Waals surface area contributed by atoms with Gasteiger partial charge in [-0.3, -0.25) is 4.79 Å². The first-order chi connectivity index (χ1) is 9.21. The van der Waals surface area contributed by atoms with Crippen molar-refractivity contribution in [3.63, 3.8) is 0 Å². The highest BCUT2D eigenvalue weighted by Gasteiger charge is 2.53. The maximum absolute atomic E-state index is 12.5. The lowest BCUT2D eigenvalue weighted by molar-refractivity contribution is -0.111. The van der Waals surface area contributed by atoms with Gasteiger partial charge in [0.1, 0.15) is 0 Å². The fourth-order valence-electron chi connectivity index (χ4n) is 4.40. The fraction of sp³-hybridized carbons (Fsp3) is 0.562. The van der Waals surface area contributed by atoms with Crippen LogP contribution in [0, 0.1) is 5.92 Å². The van der Waals surface area contributed by atoms with Crippen LogP contribution in [0.2, 0.25) is 0 Å². The van der Waals surface area contributed by atoms with E-state index in [1.54, 1.807) is 0 Å². The van der Waals surface area contributed by atoms with Crippen molar-refractivity contribution in [2.75, 3.05) is 6.54 Å². The minimum absolute atomic E-state index is 0.114. The molecule has 3 unspecified atom stereocenters. The van der Waals surface area contributed by atoms with Crippen LogP contribution in [0.15, 0.2) is 24.3 Å². The SMILES string of the molecule is O=C1c2ccccc2C2C3CCCCC3(O)CCN12. The number of fused-ring (bicyclic) bond motifs is 5. The monoisotopic (exact) mass is 257 g/mol. The van der Waals surface area contributed by atoms with E-state index in [1.165, 1.54) is 6.42 Å². The zero-order valence-electron chi connectivity index (χ0n) is 11.0. The van der Waals surface area contributed by atoms with E-state index in [0.29, 0.717) is 6.54 Å². The Labute approximate surface area is 113 Å². The molecule has 4 rings (SSSR count). The van der Waals surface area contributed by atoms with Crippen LogP contribution < -0.4 is 0 Å². The molecule has 1 aromatic carbocycles. The van der Waals surface area contributed by atoms with Gasteiger partial charge in [0, 0.05) is 18.0 Å². The zero-order chi connectivity index (χ0) is 13.0. The van der Waals surface area contributed by atoms with Crippen molar-refractivity contribution in [3.05, 3.63) is 35.4 Å². The predicted octanol–water partition coefficient (Wildman–Crippen LogP) is 2.51. The topological polar surface area (TPSA) is 40.5 Å². The summed E-state index contributed by atoms with van der Waals surface area (Å²) in [6, 6.07) is 8.05. The Morgan fingerprint density at radius 1 is 1.21 bits per heavy atom. The maximum atomic E-state index is 12.5. The molecule has 100 valence electrons. The zero-order valence-corrected chi connectivity index (χ0v) is 11.0. The molecular formula is C16H19NO2. The molecule has 1 saturated heterocycles. The standard InChI is InChI=1S/C16H19NO2/c18-15-12-6-2-1-5-11(12)14-13-7-3-4-8-16(13,19)9-10-17(14)15/h1-2,5-6,13-14,19H,3-4,7-10H2. The second kappa shape index (κ2) is 3.83. The minimum atomic E-state index is -0.544. The average Bonchev–Trinajstić information content (AvgIpc) is 2.72. The average molecular weight is 257 g/mol. The van der Waals surface area contributed by atoms with Gasteiger partial charge in [0.2, 0.25) is 0 Å². The van der Waals surface area contributed by atoms with E-state index in [0.717, 1.165) is 36.8 Å². The van der Waals surface area contributed by atoms with Crippen molar-refractivity contribution >= 4 is 5.91 Å². The third kappa shape index (κ3) is 1.45. The van der Waals surface area contributed by atoms with Gasteiger partial charge >= 0.3 is 0 Å². The molecule has 3 aliphatic rings. The Balaban J connectivity index is 1.82. The van der Waals surface area contributed by atoms with E-state index in [1.807, 2.05) is 23.1 Å². The number of hydrogen-bond donors (Lipinski definition) is 1. The van der Waals surface area contributed by atoms with Crippen LogP contribution in [-0.4, -0.2) is 28.1 Å². The number of carbonyl (C=O) groups is 1. The Hall–Kier alpha value is -1.35. The summed E-state index contributed by atoms with van der Waals surface area (Å²) >= 11 is 0. The molecule has 1 aliphatic carbocycles. The molecule has 0 radical (unpaired) electrons. The van der Waals surface area contributed by atoms with Gasteiger partial charge < -0.3 is 10.0 Å². The molecule has 2 aliphatic heterocycles. The number of amides is 1. The number of benzene rings is 1. The Morgan fingerprint density at radius 3 is 2.95 bits per heavy atom. The summed E-state index contributed by atoms with van der Waals surface area (Å²) in [5.74, 6) is 0.385. The van der Waals surface area contributed by atoms with E-state index in [9.17, 15) is 9.90 Å². The van der Waals surface area contributed by atoms with Crippen LogP contribution in [0.5, 0.6) is 0 Å². The number of aliphatic hydroxyl groups is 1. The molecule has 19 heavy (non-hydrogen) atoms. The number of piperidine rings is 1. The summed E-state index contributed by atoms with van der Waals surface area (Å²) in [7, 11) is 0. The summed E-state index contributed by atoms with van der Waals surface area (Å²) < 4.78 is 0. The van der Waals surface area contributed by atoms with Gasteiger partial charge in [-0.2, -0.15) is 0 Å². The first-order valence-electron chi connectivity index (χ1n) is 7.33. The summed E-state index contributed by atoms with van der Waals surface area (Å²) in [6.45, 7) is 0.700. The van der Waals surface area contributed by atoms with E-state index >= 15 is 0 Å². The normalized spacial score (nSPS) is 36.7. The largest absolute Gasteiger partial charge is 0.389 e. The van der Waals surface area contributed by atoms with Crippen molar-refractivity contribution in [2.24, 2.45) is 5.92 Å². The van der Waals surface area contributed by atoms with Crippen molar-refractivity contribution < 1.29 is 9.90 Å². The molecule has 3 nitrogen and oxygen atoms in total. The van der Waals surface area contributed by atoms with Gasteiger partial charge in [0.25, 0.3) is 5.91 Å². The molecule has 2 fully saturated rings.